The zero-order valence-electron chi connectivity index (χ0n) is 16.4. The zero-order valence-corrected chi connectivity index (χ0v) is 17.2. The summed E-state index contributed by atoms with van der Waals surface area (Å²) >= 11 is 1.46. The van der Waals surface area contributed by atoms with E-state index in [0.717, 1.165) is 27.5 Å². The summed E-state index contributed by atoms with van der Waals surface area (Å²) in [5.41, 5.74) is 1.49. The molecule has 0 unspecified atom stereocenters. The molecule has 3 aromatic heterocycles. The third-order valence-electron chi connectivity index (χ3n) is 4.84. The molecule has 5 rings (SSSR count). The summed E-state index contributed by atoms with van der Waals surface area (Å²) in [6.07, 6.45) is 1.94. The van der Waals surface area contributed by atoms with E-state index < -0.39 is 17.6 Å². The van der Waals surface area contributed by atoms with Gasteiger partial charge in [-0.05, 0) is 30.3 Å². The van der Waals surface area contributed by atoms with Crippen molar-refractivity contribution < 1.29 is 23.4 Å². The molecule has 8 nitrogen and oxygen atoms in total. The van der Waals surface area contributed by atoms with Crippen molar-refractivity contribution in [2.24, 2.45) is 0 Å². The van der Waals surface area contributed by atoms with E-state index in [-0.39, 0.29) is 12.2 Å². The summed E-state index contributed by atoms with van der Waals surface area (Å²) in [7, 11) is 0. The summed E-state index contributed by atoms with van der Waals surface area (Å²) < 4.78 is 34.8. The van der Waals surface area contributed by atoms with Crippen LogP contribution in [-0.2, 0) is 11.2 Å². The first-order valence-corrected chi connectivity index (χ1v) is 10.4. The van der Waals surface area contributed by atoms with Crippen LogP contribution in [0, 0.1) is 11.6 Å². The van der Waals surface area contributed by atoms with Crippen molar-refractivity contribution >= 4 is 23.1 Å². The molecule has 2 N–H and O–H groups in total. The molecular weight excluding hydrogens is 440 g/mol. The van der Waals surface area contributed by atoms with Gasteiger partial charge in [-0.25, -0.2) is 23.4 Å². The monoisotopic (exact) mass is 455 g/mol. The zero-order chi connectivity index (χ0) is 22.2. The highest BCUT2D eigenvalue weighted by Crippen LogP contribution is 2.42. The van der Waals surface area contributed by atoms with Gasteiger partial charge in [0.1, 0.15) is 41.6 Å². The normalized spacial score (nSPS) is 12.4. The molecule has 1 aliphatic rings. The fourth-order valence-corrected chi connectivity index (χ4v) is 4.56. The second-order valence-corrected chi connectivity index (χ2v) is 8.06. The lowest BCUT2D eigenvalue weighted by atomic mass is 10.1. The molecule has 11 heteroatoms. The van der Waals surface area contributed by atoms with E-state index >= 15 is 0 Å². The van der Waals surface area contributed by atoms with Gasteiger partial charge in [0.25, 0.3) is 0 Å². The maximum absolute atomic E-state index is 14.4. The number of nitrogens with one attached hydrogen (secondary N) is 1. The van der Waals surface area contributed by atoms with Crippen molar-refractivity contribution in [1.29, 1.82) is 0 Å². The van der Waals surface area contributed by atoms with E-state index in [4.69, 9.17) is 9.84 Å². The second kappa shape index (κ2) is 8.00. The number of hydrogen-bond acceptors (Lipinski definition) is 7. The number of hydrogen-bond donors (Lipinski definition) is 2. The number of ether oxygens (including phenoxy) is 1. The molecule has 0 saturated carbocycles. The van der Waals surface area contributed by atoms with Crippen molar-refractivity contribution in [3.05, 3.63) is 59.2 Å². The van der Waals surface area contributed by atoms with E-state index in [9.17, 15) is 13.6 Å². The molecule has 1 aliphatic heterocycles. The van der Waals surface area contributed by atoms with Crippen molar-refractivity contribution in [3.8, 4) is 33.4 Å². The van der Waals surface area contributed by atoms with Gasteiger partial charge in [0.2, 0.25) is 0 Å². The van der Waals surface area contributed by atoms with Gasteiger partial charge in [-0.1, -0.05) is 0 Å². The number of benzene rings is 1. The Morgan fingerprint density at radius 3 is 2.94 bits per heavy atom. The van der Waals surface area contributed by atoms with Crippen LogP contribution in [0.25, 0.3) is 27.6 Å². The van der Waals surface area contributed by atoms with Crippen LogP contribution in [0.15, 0.2) is 42.7 Å². The van der Waals surface area contributed by atoms with E-state index in [1.807, 2.05) is 6.07 Å². The minimum Gasteiger partial charge on any atom is -0.491 e. The van der Waals surface area contributed by atoms with E-state index in [2.05, 4.69) is 20.4 Å². The van der Waals surface area contributed by atoms with Crippen LogP contribution in [0.1, 0.15) is 4.88 Å². The fourth-order valence-electron chi connectivity index (χ4n) is 3.44. The van der Waals surface area contributed by atoms with Crippen molar-refractivity contribution in [1.82, 2.24) is 19.7 Å². The summed E-state index contributed by atoms with van der Waals surface area (Å²) in [4.78, 5) is 21.4. The number of aliphatic carboxylic acids is 1. The standard InChI is InChI=1S/C21H15F2N5O3S/c22-11-1-2-14(13(23)7-11)28-21(25-10-26-28)17-8-12-16(32-17)5-6-31-15-3-4-18(27-20(12)15)24-9-19(29)30/h1-4,7-8,10H,5-6,9H2,(H,24,27)(H,29,30). The Bertz CT molecular complexity index is 1340. The van der Waals surface area contributed by atoms with Crippen LogP contribution in [0.5, 0.6) is 5.75 Å². The van der Waals surface area contributed by atoms with Crippen molar-refractivity contribution in [3.63, 3.8) is 0 Å². The van der Waals surface area contributed by atoms with E-state index in [1.165, 1.54) is 28.4 Å². The van der Waals surface area contributed by atoms with Gasteiger partial charge in [-0.3, -0.25) is 4.79 Å². The SMILES string of the molecule is O=C(O)CNc1ccc2c(n1)-c1cc(-c3ncnn3-c3ccc(F)cc3F)sc1CCO2. The summed E-state index contributed by atoms with van der Waals surface area (Å²) in [5.74, 6) is -1.01. The average molecular weight is 455 g/mol. The fraction of sp³-hybridized carbons (Fsp3) is 0.143. The summed E-state index contributed by atoms with van der Waals surface area (Å²) in [6, 6.07) is 8.56. The highest BCUT2D eigenvalue weighted by molar-refractivity contribution is 7.16. The second-order valence-electron chi connectivity index (χ2n) is 6.93. The first kappa shape index (κ1) is 20.1. The third-order valence-corrected chi connectivity index (χ3v) is 6.03. The maximum atomic E-state index is 14.4. The number of rotatable bonds is 5. The Morgan fingerprint density at radius 1 is 1.25 bits per heavy atom. The Kier molecular flexibility index (Phi) is 5.02. The highest BCUT2D eigenvalue weighted by atomic mass is 32.1. The first-order chi connectivity index (χ1) is 15.5. The largest absolute Gasteiger partial charge is 0.491 e. The predicted octanol–water partition coefficient (Wildman–Crippen LogP) is 3.77. The van der Waals surface area contributed by atoms with Crippen LogP contribution < -0.4 is 10.1 Å². The predicted molar refractivity (Wildman–Crippen MR) is 113 cm³/mol. The van der Waals surface area contributed by atoms with Gasteiger partial charge in [0, 0.05) is 22.9 Å². The quantitative estimate of drug-likeness (QED) is 0.472. The molecule has 4 heterocycles. The van der Waals surface area contributed by atoms with Crippen LogP contribution in [0.2, 0.25) is 0 Å². The molecular formula is C21H15F2N5O3S. The van der Waals surface area contributed by atoms with Crippen LogP contribution in [0.3, 0.4) is 0 Å². The number of carboxylic acids is 1. The lowest BCUT2D eigenvalue weighted by molar-refractivity contribution is -0.134. The van der Waals surface area contributed by atoms with Gasteiger partial charge in [0.15, 0.2) is 11.6 Å². The van der Waals surface area contributed by atoms with Gasteiger partial charge in [0.05, 0.1) is 11.5 Å². The van der Waals surface area contributed by atoms with Gasteiger partial charge >= 0.3 is 5.97 Å². The number of pyridine rings is 1. The summed E-state index contributed by atoms with van der Waals surface area (Å²) in [6.45, 7) is 0.184. The molecule has 0 aliphatic carbocycles. The van der Waals surface area contributed by atoms with Crippen molar-refractivity contribution in [2.75, 3.05) is 18.5 Å². The number of carbonyl (C=O) groups is 1. The highest BCUT2D eigenvalue weighted by Gasteiger charge is 2.23. The number of fused-ring (bicyclic) bond motifs is 3. The molecule has 0 spiro atoms. The minimum atomic E-state index is -0.996. The maximum Gasteiger partial charge on any atom is 0.322 e. The molecule has 0 fully saturated rings. The van der Waals surface area contributed by atoms with Gasteiger partial charge < -0.3 is 15.2 Å². The number of thiophene rings is 1. The number of aromatic nitrogens is 4. The van der Waals surface area contributed by atoms with E-state index in [1.54, 1.807) is 12.1 Å². The molecule has 0 saturated heterocycles. The van der Waals surface area contributed by atoms with Crippen LogP contribution >= 0.6 is 11.3 Å². The molecule has 0 atom stereocenters. The smallest absolute Gasteiger partial charge is 0.322 e. The first-order valence-electron chi connectivity index (χ1n) is 9.58. The van der Waals surface area contributed by atoms with Gasteiger partial charge in [-0.2, -0.15) is 5.10 Å². The molecule has 0 bridgehead atoms. The molecule has 162 valence electrons. The Labute approximate surface area is 184 Å². The minimum absolute atomic E-state index is 0.0875. The van der Waals surface area contributed by atoms with E-state index in [0.29, 0.717) is 36.1 Å². The molecule has 1 aromatic carbocycles. The van der Waals surface area contributed by atoms with Crippen molar-refractivity contribution in [2.45, 2.75) is 6.42 Å². The molecule has 0 radical (unpaired) electrons. The lowest BCUT2D eigenvalue weighted by Gasteiger charge is -2.09. The average Bonchev–Trinajstić information content (AvgIpc) is 3.36. The Hall–Kier alpha value is -3.86. The number of halogens is 2. The number of carboxylic acid groups (broad SMARTS) is 1. The van der Waals surface area contributed by atoms with Crippen LogP contribution in [-0.4, -0.2) is 44.0 Å². The molecule has 4 aromatic rings. The Morgan fingerprint density at radius 2 is 2.12 bits per heavy atom. The van der Waals surface area contributed by atoms with Gasteiger partial charge in [-0.15, -0.1) is 11.3 Å². The lowest BCUT2D eigenvalue weighted by Crippen LogP contribution is -2.13. The number of anilines is 1. The Balaban J connectivity index is 1.57. The molecule has 0 amide bonds. The summed E-state index contributed by atoms with van der Waals surface area (Å²) in [5, 5.41) is 15.8. The third kappa shape index (κ3) is 3.66. The van der Waals surface area contributed by atoms with Crippen LogP contribution in [0.4, 0.5) is 14.6 Å². The number of nitrogens with zero attached hydrogens (tertiary/aromatic N) is 4. The molecule has 32 heavy (non-hydrogen) atoms. The topological polar surface area (TPSA) is 102 Å².